The lowest BCUT2D eigenvalue weighted by atomic mass is 10.3. The second kappa shape index (κ2) is 4.56. The predicted octanol–water partition coefficient (Wildman–Crippen LogP) is 2.24. The van der Waals surface area contributed by atoms with Gasteiger partial charge in [0.15, 0.2) is 0 Å². The molecule has 0 amide bonds. The molecule has 0 aromatic heterocycles. The summed E-state index contributed by atoms with van der Waals surface area (Å²) in [6.45, 7) is 2.16. The first-order valence-electron chi connectivity index (χ1n) is 2.40. The molecule has 0 aromatic carbocycles. The van der Waals surface area contributed by atoms with Crippen LogP contribution < -0.4 is 0 Å². The van der Waals surface area contributed by atoms with Crippen molar-refractivity contribution in [3.05, 3.63) is 0 Å². The van der Waals surface area contributed by atoms with Gasteiger partial charge in [-0.2, -0.15) is 0 Å². The largest absolute Gasteiger partial charge is 0.313 e. The van der Waals surface area contributed by atoms with E-state index in [-0.39, 0.29) is 0 Å². The Balaban J connectivity index is 2.81. The van der Waals surface area contributed by atoms with Crippen LogP contribution in [-0.4, -0.2) is 10.1 Å². The average molecular weight is 211 g/mol. The summed E-state index contributed by atoms with van der Waals surface area (Å²) in [7, 11) is 0. The van der Waals surface area contributed by atoms with E-state index < -0.39 is 0 Å². The van der Waals surface area contributed by atoms with Crippen molar-refractivity contribution in [3.8, 4) is 0 Å². The molecule has 0 aliphatic heterocycles. The number of hydrogen-bond donors (Lipinski definition) is 1. The topological polar surface area (TPSA) is 23.9 Å². The highest BCUT2D eigenvalue weighted by Gasteiger charge is 1.89. The molecule has 0 aliphatic carbocycles. The molecule has 0 aromatic rings. The molecule has 0 unspecified atom stereocenters. The lowest BCUT2D eigenvalue weighted by Crippen LogP contribution is -1.87. The van der Waals surface area contributed by atoms with Crippen LogP contribution in [0.25, 0.3) is 0 Å². The van der Waals surface area contributed by atoms with E-state index in [1.54, 1.807) is 0 Å². The third kappa shape index (κ3) is 6.40. The van der Waals surface area contributed by atoms with Crippen LogP contribution in [0.2, 0.25) is 0 Å². The van der Waals surface area contributed by atoms with Gasteiger partial charge in [-0.1, -0.05) is 29.5 Å². The SMILES string of the molecule is C[C@@H](I)CCC=N. The molecule has 0 bridgehead atoms. The standard InChI is InChI=1S/C5H10IN/c1-5(6)3-2-4-7/h4-5,7H,2-3H2,1H3/t5-/m1/s1. The average Bonchev–Trinajstić information content (AvgIpc) is 1.61. The fourth-order valence-corrected chi connectivity index (χ4v) is 0.673. The van der Waals surface area contributed by atoms with E-state index in [2.05, 4.69) is 29.5 Å². The van der Waals surface area contributed by atoms with Crippen molar-refractivity contribution in [1.29, 1.82) is 5.41 Å². The van der Waals surface area contributed by atoms with E-state index in [0.717, 1.165) is 16.8 Å². The fourth-order valence-electron chi connectivity index (χ4n) is 0.313. The third-order valence-electron chi connectivity index (χ3n) is 0.709. The Morgan fingerprint density at radius 1 is 1.86 bits per heavy atom. The molecule has 0 aliphatic rings. The normalized spacial score (nSPS) is 13.4. The predicted molar refractivity (Wildman–Crippen MR) is 41.5 cm³/mol. The molecule has 0 saturated carbocycles. The van der Waals surface area contributed by atoms with E-state index in [1.165, 1.54) is 6.21 Å². The Labute approximate surface area is 58.1 Å². The molecule has 7 heavy (non-hydrogen) atoms. The van der Waals surface area contributed by atoms with E-state index in [1.807, 2.05) is 0 Å². The van der Waals surface area contributed by atoms with Gasteiger partial charge in [-0.15, -0.1) is 0 Å². The molecule has 1 atom stereocenters. The van der Waals surface area contributed by atoms with Crippen LogP contribution in [0.15, 0.2) is 0 Å². The van der Waals surface area contributed by atoms with E-state index >= 15 is 0 Å². The van der Waals surface area contributed by atoms with E-state index in [0.29, 0.717) is 0 Å². The van der Waals surface area contributed by atoms with E-state index in [4.69, 9.17) is 5.41 Å². The Morgan fingerprint density at radius 3 is 2.57 bits per heavy atom. The van der Waals surface area contributed by atoms with Crippen molar-refractivity contribution >= 4 is 28.8 Å². The van der Waals surface area contributed by atoms with Crippen molar-refractivity contribution in [1.82, 2.24) is 0 Å². The molecule has 0 fully saturated rings. The first-order valence-corrected chi connectivity index (χ1v) is 3.65. The van der Waals surface area contributed by atoms with Gasteiger partial charge < -0.3 is 5.41 Å². The zero-order chi connectivity index (χ0) is 5.70. The van der Waals surface area contributed by atoms with Crippen LogP contribution >= 0.6 is 22.6 Å². The monoisotopic (exact) mass is 211 g/mol. The first-order chi connectivity index (χ1) is 3.27. The molecule has 1 N–H and O–H groups in total. The van der Waals surface area contributed by atoms with Gasteiger partial charge in [0.05, 0.1) is 0 Å². The number of nitrogens with one attached hydrogen (secondary N) is 1. The maximum atomic E-state index is 6.67. The Hall–Kier alpha value is 0.400. The minimum atomic E-state index is 0.721. The second-order valence-corrected chi connectivity index (χ2v) is 3.69. The van der Waals surface area contributed by atoms with Gasteiger partial charge >= 0.3 is 0 Å². The fraction of sp³-hybridized carbons (Fsp3) is 0.800. The lowest BCUT2D eigenvalue weighted by Gasteiger charge is -1.94. The molecule has 42 valence electrons. The van der Waals surface area contributed by atoms with Crippen LogP contribution in [0.4, 0.5) is 0 Å². The van der Waals surface area contributed by atoms with Gasteiger partial charge in [0.1, 0.15) is 0 Å². The van der Waals surface area contributed by atoms with Crippen molar-refractivity contribution in [2.24, 2.45) is 0 Å². The zero-order valence-corrected chi connectivity index (χ0v) is 6.60. The highest BCUT2D eigenvalue weighted by Crippen LogP contribution is 2.04. The Morgan fingerprint density at radius 2 is 2.43 bits per heavy atom. The molecule has 0 rings (SSSR count). The minimum Gasteiger partial charge on any atom is -0.313 e. The summed E-state index contributed by atoms with van der Waals surface area (Å²) in [6, 6.07) is 0. The molecule has 0 spiro atoms. The van der Waals surface area contributed by atoms with E-state index in [9.17, 15) is 0 Å². The summed E-state index contributed by atoms with van der Waals surface area (Å²) in [4.78, 5) is 0. The highest BCUT2D eigenvalue weighted by atomic mass is 127. The van der Waals surface area contributed by atoms with Crippen molar-refractivity contribution in [2.45, 2.75) is 23.7 Å². The zero-order valence-electron chi connectivity index (χ0n) is 4.45. The first kappa shape index (κ1) is 7.40. The number of hydrogen-bond acceptors (Lipinski definition) is 1. The molecule has 1 nitrogen and oxygen atoms in total. The third-order valence-corrected chi connectivity index (χ3v) is 1.33. The summed E-state index contributed by atoms with van der Waals surface area (Å²) in [5, 5.41) is 6.67. The maximum absolute atomic E-state index is 6.67. The van der Waals surface area contributed by atoms with Crippen LogP contribution in [0, 0.1) is 5.41 Å². The number of rotatable bonds is 3. The Kier molecular flexibility index (Phi) is 4.82. The van der Waals surface area contributed by atoms with Crippen molar-refractivity contribution in [3.63, 3.8) is 0 Å². The summed E-state index contributed by atoms with van der Waals surface area (Å²) < 4.78 is 0.721. The molecule has 2 heteroatoms. The number of halogens is 1. The molecule has 0 saturated heterocycles. The lowest BCUT2D eigenvalue weighted by molar-refractivity contribution is 0.886. The summed E-state index contributed by atoms with van der Waals surface area (Å²) in [5.74, 6) is 0. The number of alkyl halides is 1. The van der Waals surface area contributed by atoms with Gasteiger partial charge in [-0.3, -0.25) is 0 Å². The van der Waals surface area contributed by atoms with Gasteiger partial charge in [-0.25, -0.2) is 0 Å². The minimum absolute atomic E-state index is 0.721. The summed E-state index contributed by atoms with van der Waals surface area (Å²) in [5.41, 5.74) is 0. The smallest absolute Gasteiger partial charge is 0.00848 e. The van der Waals surface area contributed by atoms with Crippen LogP contribution in [-0.2, 0) is 0 Å². The molecular weight excluding hydrogens is 201 g/mol. The van der Waals surface area contributed by atoms with Crippen LogP contribution in [0.3, 0.4) is 0 Å². The molecule has 0 heterocycles. The van der Waals surface area contributed by atoms with Crippen molar-refractivity contribution < 1.29 is 0 Å². The summed E-state index contributed by atoms with van der Waals surface area (Å²) in [6.07, 6.45) is 3.54. The van der Waals surface area contributed by atoms with Gasteiger partial charge in [-0.05, 0) is 19.1 Å². The quantitative estimate of drug-likeness (QED) is 0.420. The van der Waals surface area contributed by atoms with Crippen LogP contribution in [0.5, 0.6) is 0 Å². The maximum Gasteiger partial charge on any atom is 0.00848 e. The molecule has 0 radical (unpaired) electrons. The van der Waals surface area contributed by atoms with Gasteiger partial charge in [0, 0.05) is 3.92 Å². The Bertz CT molecular complexity index is 52.0. The van der Waals surface area contributed by atoms with Gasteiger partial charge in [0.25, 0.3) is 0 Å². The highest BCUT2D eigenvalue weighted by molar-refractivity contribution is 14.1. The van der Waals surface area contributed by atoms with Crippen LogP contribution in [0.1, 0.15) is 19.8 Å². The van der Waals surface area contributed by atoms with Crippen molar-refractivity contribution in [2.75, 3.05) is 0 Å². The second-order valence-electron chi connectivity index (χ2n) is 1.56. The van der Waals surface area contributed by atoms with Gasteiger partial charge in [0.2, 0.25) is 0 Å². The molecular formula is C5H10IN. The summed E-state index contributed by atoms with van der Waals surface area (Å²) >= 11 is 2.36.